The van der Waals surface area contributed by atoms with E-state index in [0.717, 1.165) is 16.2 Å². The third-order valence-corrected chi connectivity index (χ3v) is 7.11. The van der Waals surface area contributed by atoms with Crippen molar-refractivity contribution in [2.45, 2.75) is 28.6 Å². The lowest BCUT2D eigenvalue weighted by Gasteiger charge is -2.12. The molecule has 1 aromatic heterocycles. The third-order valence-electron chi connectivity index (χ3n) is 3.22. The number of benzene rings is 1. The van der Waals surface area contributed by atoms with Gasteiger partial charge in [-0.15, -0.1) is 23.1 Å². The van der Waals surface area contributed by atoms with Crippen molar-refractivity contribution in [1.82, 2.24) is 4.72 Å². The van der Waals surface area contributed by atoms with E-state index >= 15 is 0 Å². The van der Waals surface area contributed by atoms with Crippen LogP contribution in [0.1, 0.15) is 23.5 Å². The monoisotopic (exact) mass is 357 g/mol. The number of thiophene rings is 1. The van der Waals surface area contributed by atoms with Crippen LogP contribution in [0, 0.1) is 0 Å². The second-order valence-electron chi connectivity index (χ2n) is 4.72. The van der Waals surface area contributed by atoms with Gasteiger partial charge in [-0.1, -0.05) is 19.1 Å². The molecule has 0 radical (unpaired) electrons. The van der Waals surface area contributed by atoms with Crippen LogP contribution >= 0.6 is 23.1 Å². The molecular formula is C15H19NO3S3. The molecule has 1 heterocycles. The maximum absolute atomic E-state index is 12.2. The van der Waals surface area contributed by atoms with Crippen molar-refractivity contribution in [2.75, 3.05) is 12.8 Å². The Hall–Kier alpha value is -0.860. The molecule has 4 nitrogen and oxygen atoms in total. The van der Waals surface area contributed by atoms with Gasteiger partial charge in [-0.05, 0) is 42.5 Å². The van der Waals surface area contributed by atoms with Gasteiger partial charge < -0.3 is 5.11 Å². The SMILES string of the molecule is CCc1ccc(S(=O)(=O)NCC(O)c2ccc(SC)cc2)s1. The predicted octanol–water partition coefficient (Wildman–Crippen LogP) is 3.04. The van der Waals surface area contributed by atoms with Crippen molar-refractivity contribution >= 4 is 33.1 Å². The smallest absolute Gasteiger partial charge is 0.250 e. The Morgan fingerprint density at radius 3 is 2.45 bits per heavy atom. The van der Waals surface area contributed by atoms with Crippen molar-refractivity contribution in [3.8, 4) is 0 Å². The first-order valence-corrected chi connectivity index (χ1v) is 10.4. The van der Waals surface area contributed by atoms with Crippen LogP contribution in [0.3, 0.4) is 0 Å². The van der Waals surface area contributed by atoms with E-state index in [1.54, 1.807) is 17.8 Å². The minimum atomic E-state index is -3.56. The summed E-state index contributed by atoms with van der Waals surface area (Å²) < 4.78 is 27.1. The van der Waals surface area contributed by atoms with Gasteiger partial charge in [-0.2, -0.15) is 0 Å². The number of thioether (sulfide) groups is 1. The molecule has 1 atom stereocenters. The first-order chi connectivity index (χ1) is 10.5. The van der Waals surface area contributed by atoms with Crippen LogP contribution in [0.2, 0.25) is 0 Å². The molecule has 0 amide bonds. The number of hydrogen-bond acceptors (Lipinski definition) is 5. The van der Waals surface area contributed by atoms with Gasteiger partial charge in [-0.25, -0.2) is 13.1 Å². The van der Waals surface area contributed by atoms with Crippen LogP contribution in [-0.4, -0.2) is 26.3 Å². The quantitative estimate of drug-likeness (QED) is 0.748. The van der Waals surface area contributed by atoms with E-state index in [4.69, 9.17) is 0 Å². The molecule has 120 valence electrons. The first kappa shape index (κ1) is 17.5. The molecule has 0 aliphatic carbocycles. The summed E-state index contributed by atoms with van der Waals surface area (Å²) in [5.41, 5.74) is 0.695. The van der Waals surface area contributed by atoms with E-state index in [1.807, 2.05) is 43.5 Å². The molecule has 22 heavy (non-hydrogen) atoms. The fourth-order valence-electron chi connectivity index (χ4n) is 1.90. The minimum Gasteiger partial charge on any atom is -0.387 e. The average Bonchev–Trinajstić information content (AvgIpc) is 3.03. The van der Waals surface area contributed by atoms with Gasteiger partial charge in [0.15, 0.2) is 0 Å². The molecule has 0 spiro atoms. The third kappa shape index (κ3) is 4.33. The van der Waals surface area contributed by atoms with Gasteiger partial charge in [0.05, 0.1) is 6.10 Å². The highest BCUT2D eigenvalue weighted by Crippen LogP contribution is 2.23. The van der Waals surface area contributed by atoms with E-state index in [-0.39, 0.29) is 10.8 Å². The number of nitrogens with one attached hydrogen (secondary N) is 1. The van der Waals surface area contributed by atoms with E-state index in [1.165, 1.54) is 11.3 Å². The molecule has 0 aliphatic heterocycles. The highest BCUT2D eigenvalue weighted by Gasteiger charge is 2.18. The number of aryl methyl sites for hydroxylation is 1. The number of sulfonamides is 1. The van der Waals surface area contributed by atoms with Crippen LogP contribution < -0.4 is 4.72 Å². The van der Waals surface area contributed by atoms with Gasteiger partial charge in [0.25, 0.3) is 0 Å². The van der Waals surface area contributed by atoms with Crippen LogP contribution in [0.5, 0.6) is 0 Å². The number of rotatable bonds is 7. The molecule has 2 aromatic rings. The molecule has 1 unspecified atom stereocenters. The number of aliphatic hydroxyl groups excluding tert-OH is 1. The highest BCUT2D eigenvalue weighted by molar-refractivity contribution is 7.98. The lowest BCUT2D eigenvalue weighted by Crippen LogP contribution is -2.28. The Bertz CT molecular complexity index is 708. The summed E-state index contributed by atoms with van der Waals surface area (Å²) in [5.74, 6) is 0. The van der Waals surface area contributed by atoms with Gasteiger partial charge in [0.2, 0.25) is 10.0 Å². The van der Waals surface area contributed by atoms with E-state index in [2.05, 4.69) is 4.72 Å². The minimum absolute atomic E-state index is 0.0414. The molecular weight excluding hydrogens is 338 g/mol. The van der Waals surface area contributed by atoms with Crippen molar-refractivity contribution < 1.29 is 13.5 Å². The Morgan fingerprint density at radius 2 is 1.91 bits per heavy atom. The second kappa shape index (κ2) is 7.61. The first-order valence-electron chi connectivity index (χ1n) is 6.86. The van der Waals surface area contributed by atoms with Crippen molar-refractivity contribution in [1.29, 1.82) is 0 Å². The van der Waals surface area contributed by atoms with Crippen molar-refractivity contribution in [3.05, 3.63) is 46.8 Å². The van der Waals surface area contributed by atoms with Gasteiger partial charge >= 0.3 is 0 Å². The lowest BCUT2D eigenvalue weighted by atomic mass is 10.1. The lowest BCUT2D eigenvalue weighted by molar-refractivity contribution is 0.182. The second-order valence-corrected chi connectivity index (χ2v) is 8.76. The fraction of sp³-hybridized carbons (Fsp3) is 0.333. The zero-order chi connectivity index (χ0) is 16.2. The van der Waals surface area contributed by atoms with E-state index in [0.29, 0.717) is 5.56 Å². The summed E-state index contributed by atoms with van der Waals surface area (Å²) in [7, 11) is -3.56. The van der Waals surface area contributed by atoms with Gasteiger partial charge in [0, 0.05) is 16.3 Å². The van der Waals surface area contributed by atoms with Crippen LogP contribution in [0.25, 0.3) is 0 Å². The molecule has 0 aliphatic rings. The summed E-state index contributed by atoms with van der Waals surface area (Å²) in [6.45, 7) is 1.94. The largest absolute Gasteiger partial charge is 0.387 e. The Labute approximate surface area is 139 Å². The van der Waals surface area contributed by atoms with Crippen LogP contribution in [0.4, 0.5) is 0 Å². The van der Waals surface area contributed by atoms with Crippen molar-refractivity contribution in [3.63, 3.8) is 0 Å². The average molecular weight is 358 g/mol. The summed E-state index contributed by atoms with van der Waals surface area (Å²) in [5, 5.41) is 10.1. The Balaban J connectivity index is 2.01. The standard InChI is InChI=1S/C15H19NO3S3/c1-3-12-8-9-15(21-12)22(18,19)16-10-14(17)11-4-6-13(20-2)7-5-11/h4-9,14,16-17H,3,10H2,1-2H3. The van der Waals surface area contributed by atoms with E-state index < -0.39 is 16.1 Å². The molecule has 0 fully saturated rings. The number of hydrogen-bond donors (Lipinski definition) is 2. The topological polar surface area (TPSA) is 66.4 Å². The van der Waals surface area contributed by atoms with Gasteiger partial charge in [-0.3, -0.25) is 0 Å². The van der Waals surface area contributed by atoms with Crippen molar-refractivity contribution in [2.24, 2.45) is 0 Å². The molecule has 2 rings (SSSR count). The van der Waals surface area contributed by atoms with Crippen LogP contribution in [0.15, 0.2) is 45.5 Å². The zero-order valence-corrected chi connectivity index (χ0v) is 14.9. The molecule has 0 bridgehead atoms. The zero-order valence-electron chi connectivity index (χ0n) is 12.4. The summed E-state index contributed by atoms with van der Waals surface area (Å²) in [6.07, 6.45) is 1.92. The normalized spacial score (nSPS) is 13.2. The van der Waals surface area contributed by atoms with Gasteiger partial charge in [0.1, 0.15) is 4.21 Å². The molecule has 2 N–H and O–H groups in total. The maximum atomic E-state index is 12.2. The summed E-state index contributed by atoms with van der Waals surface area (Å²) >= 11 is 2.87. The number of aliphatic hydroxyl groups is 1. The molecule has 0 saturated carbocycles. The maximum Gasteiger partial charge on any atom is 0.250 e. The summed E-state index contributed by atoms with van der Waals surface area (Å²) in [6, 6.07) is 10.9. The molecule has 0 saturated heterocycles. The Morgan fingerprint density at radius 1 is 1.23 bits per heavy atom. The summed E-state index contributed by atoms with van der Waals surface area (Å²) in [4.78, 5) is 2.12. The van der Waals surface area contributed by atoms with E-state index in [9.17, 15) is 13.5 Å². The van der Waals surface area contributed by atoms with Crippen LogP contribution in [-0.2, 0) is 16.4 Å². The molecule has 1 aromatic carbocycles. The molecule has 7 heteroatoms. The highest BCUT2D eigenvalue weighted by atomic mass is 32.2. The Kier molecular flexibility index (Phi) is 6.05. The predicted molar refractivity (Wildman–Crippen MR) is 92.1 cm³/mol. The fourth-order valence-corrected chi connectivity index (χ4v) is 4.68.